The number of rotatable bonds is 5. The molecule has 1 rings (SSSR count). The summed E-state index contributed by atoms with van der Waals surface area (Å²) in [4.78, 5) is 20.5. The van der Waals surface area contributed by atoms with Crippen molar-refractivity contribution < 1.29 is 14.8 Å². The highest BCUT2D eigenvalue weighted by atomic mass is 16.6. The number of hydrazone groups is 1. The molecule has 0 spiro atoms. The third-order valence-corrected chi connectivity index (χ3v) is 1.88. The van der Waals surface area contributed by atoms with Gasteiger partial charge in [0.25, 0.3) is 5.69 Å². The Morgan fingerprint density at radius 2 is 2.18 bits per heavy atom. The Morgan fingerprint density at radius 1 is 1.53 bits per heavy atom. The van der Waals surface area contributed by atoms with Crippen molar-refractivity contribution in [1.82, 2.24) is 0 Å². The number of hydrogen-bond acceptors (Lipinski definition) is 5. The second kappa shape index (κ2) is 5.59. The van der Waals surface area contributed by atoms with E-state index < -0.39 is 10.9 Å². The molecule has 0 radical (unpaired) electrons. The lowest BCUT2D eigenvalue weighted by atomic mass is 10.3. The molecule has 0 saturated heterocycles. The van der Waals surface area contributed by atoms with Gasteiger partial charge >= 0.3 is 5.97 Å². The molecule has 0 aliphatic heterocycles. The Bertz CT molecular complexity index is 470. The van der Waals surface area contributed by atoms with E-state index in [1.54, 1.807) is 6.07 Å². The van der Waals surface area contributed by atoms with Gasteiger partial charge < -0.3 is 5.11 Å². The number of nitrogens with one attached hydrogen (secondary N) is 1. The van der Waals surface area contributed by atoms with Crippen LogP contribution in [0.2, 0.25) is 0 Å². The van der Waals surface area contributed by atoms with Crippen LogP contribution in [0.1, 0.15) is 13.3 Å². The van der Waals surface area contributed by atoms with Gasteiger partial charge in [-0.05, 0) is 13.0 Å². The van der Waals surface area contributed by atoms with Crippen LogP contribution in [-0.2, 0) is 4.79 Å². The predicted octanol–water partition coefficient (Wildman–Crippen LogP) is 1.86. The summed E-state index contributed by atoms with van der Waals surface area (Å²) in [5.74, 6) is -1.00. The number of nitro groups is 1. The summed E-state index contributed by atoms with van der Waals surface area (Å²) in [6, 6.07) is 5.99. The van der Waals surface area contributed by atoms with Gasteiger partial charge in [0, 0.05) is 11.8 Å². The summed E-state index contributed by atoms with van der Waals surface area (Å²) in [5, 5.41) is 22.9. The quantitative estimate of drug-likeness (QED) is 0.462. The van der Waals surface area contributed by atoms with E-state index in [0.29, 0.717) is 5.71 Å². The lowest BCUT2D eigenvalue weighted by Crippen LogP contribution is -2.05. The number of carboxylic acids is 1. The summed E-state index contributed by atoms with van der Waals surface area (Å²) in [6.45, 7) is 1.52. The minimum atomic E-state index is -1.00. The van der Waals surface area contributed by atoms with Crippen LogP contribution in [-0.4, -0.2) is 21.7 Å². The lowest BCUT2D eigenvalue weighted by Gasteiger charge is -2.02. The van der Waals surface area contributed by atoms with Crippen LogP contribution in [0.25, 0.3) is 0 Å². The van der Waals surface area contributed by atoms with Crippen LogP contribution < -0.4 is 5.43 Å². The fourth-order valence-electron chi connectivity index (χ4n) is 1.14. The van der Waals surface area contributed by atoms with E-state index in [1.807, 2.05) is 0 Å². The van der Waals surface area contributed by atoms with Crippen LogP contribution in [0.15, 0.2) is 29.4 Å². The average Bonchev–Trinajstić information content (AvgIpc) is 2.25. The maximum Gasteiger partial charge on any atom is 0.309 e. The predicted molar refractivity (Wildman–Crippen MR) is 62.1 cm³/mol. The third-order valence-electron chi connectivity index (χ3n) is 1.88. The molecular weight excluding hydrogens is 226 g/mol. The smallest absolute Gasteiger partial charge is 0.309 e. The largest absolute Gasteiger partial charge is 0.481 e. The molecule has 17 heavy (non-hydrogen) atoms. The third kappa shape index (κ3) is 3.90. The van der Waals surface area contributed by atoms with Crippen LogP contribution in [0.5, 0.6) is 0 Å². The maximum atomic E-state index is 10.7. The molecule has 7 heteroatoms. The highest BCUT2D eigenvalue weighted by Gasteiger charge is 2.11. The van der Waals surface area contributed by atoms with Gasteiger partial charge in [-0.1, -0.05) is 12.1 Å². The standard InChI is InChI=1S/C10H11N3O4/c1-7(6-10(14)15)11-12-8-4-2-3-5-9(8)13(16)17/h2-5,12H,6H2,1H3,(H,14,15)/b11-7+. The van der Waals surface area contributed by atoms with Gasteiger partial charge in [-0.3, -0.25) is 20.3 Å². The van der Waals surface area contributed by atoms with Crippen LogP contribution in [0.3, 0.4) is 0 Å². The van der Waals surface area contributed by atoms with E-state index in [2.05, 4.69) is 10.5 Å². The van der Waals surface area contributed by atoms with E-state index in [4.69, 9.17) is 5.11 Å². The summed E-state index contributed by atoms with van der Waals surface area (Å²) in [6.07, 6.45) is -0.215. The number of carboxylic acid groups (broad SMARTS) is 1. The first-order valence-electron chi connectivity index (χ1n) is 4.75. The molecule has 1 aromatic carbocycles. The number of benzene rings is 1. The Kier molecular flexibility index (Phi) is 4.15. The van der Waals surface area contributed by atoms with Gasteiger partial charge in [-0.2, -0.15) is 5.10 Å². The van der Waals surface area contributed by atoms with E-state index in [1.165, 1.54) is 25.1 Å². The number of carbonyl (C=O) groups is 1. The molecule has 0 saturated carbocycles. The fourth-order valence-corrected chi connectivity index (χ4v) is 1.14. The zero-order chi connectivity index (χ0) is 12.8. The van der Waals surface area contributed by atoms with Crippen molar-refractivity contribution in [2.24, 2.45) is 5.10 Å². The molecule has 2 N–H and O–H groups in total. The molecule has 0 fully saturated rings. The van der Waals surface area contributed by atoms with Crippen molar-refractivity contribution in [3.05, 3.63) is 34.4 Å². The van der Waals surface area contributed by atoms with Crippen molar-refractivity contribution in [3.63, 3.8) is 0 Å². The van der Waals surface area contributed by atoms with E-state index in [9.17, 15) is 14.9 Å². The van der Waals surface area contributed by atoms with Gasteiger partial charge in [0.15, 0.2) is 0 Å². The Morgan fingerprint density at radius 3 is 2.76 bits per heavy atom. The van der Waals surface area contributed by atoms with E-state index in [0.717, 1.165) is 0 Å². The molecule has 0 aliphatic rings. The highest BCUT2D eigenvalue weighted by molar-refractivity contribution is 5.97. The minimum absolute atomic E-state index is 0.112. The summed E-state index contributed by atoms with van der Waals surface area (Å²) < 4.78 is 0. The van der Waals surface area contributed by atoms with Gasteiger partial charge in [-0.15, -0.1) is 0 Å². The number of para-hydroxylation sites is 2. The minimum Gasteiger partial charge on any atom is -0.481 e. The molecule has 90 valence electrons. The molecular formula is C10H11N3O4. The molecule has 7 nitrogen and oxygen atoms in total. The molecule has 0 amide bonds. The number of hydrogen-bond donors (Lipinski definition) is 2. The summed E-state index contributed by atoms with van der Waals surface area (Å²) >= 11 is 0. The van der Waals surface area contributed by atoms with Crippen LogP contribution in [0, 0.1) is 10.1 Å². The monoisotopic (exact) mass is 237 g/mol. The topological polar surface area (TPSA) is 105 Å². The Hall–Kier alpha value is -2.44. The zero-order valence-corrected chi connectivity index (χ0v) is 9.08. The molecule has 1 aromatic rings. The number of aliphatic carboxylic acids is 1. The average molecular weight is 237 g/mol. The maximum absolute atomic E-state index is 10.7. The Labute approximate surface area is 96.9 Å². The Balaban J connectivity index is 2.82. The number of nitrogens with zero attached hydrogens (tertiary/aromatic N) is 2. The normalized spacial score (nSPS) is 11.0. The van der Waals surface area contributed by atoms with Gasteiger partial charge in [0.05, 0.1) is 11.3 Å². The number of nitro benzene ring substituents is 1. The number of anilines is 1. The first-order chi connectivity index (χ1) is 8.00. The first kappa shape index (κ1) is 12.6. The van der Waals surface area contributed by atoms with Crippen molar-refractivity contribution >= 4 is 23.1 Å². The second-order valence-electron chi connectivity index (χ2n) is 3.30. The first-order valence-corrected chi connectivity index (χ1v) is 4.75. The van der Waals surface area contributed by atoms with Crippen molar-refractivity contribution in [1.29, 1.82) is 0 Å². The SMILES string of the molecule is C/C(CC(=O)O)=N\Nc1ccccc1[N+](=O)[O-]. The highest BCUT2D eigenvalue weighted by Crippen LogP contribution is 2.22. The summed E-state index contributed by atoms with van der Waals surface area (Å²) in [5.41, 5.74) is 2.92. The molecule has 0 bridgehead atoms. The van der Waals surface area contributed by atoms with Gasteiger partial charge in [0.2, 0.25) is 0 Å². The van der Waals surface area contributed by atoms with Gasteiger partial charge in [-0.25, -0.2) is 0 Å². The fraction of sp³-hybridized carbons (Fsp3) is 0.200. The van der Waals surface area contributed by atoms with Gasteiger partial charge in [0.1, 0.15) is 5.69 Å². The molecule has 0 atom stereocenters. The molecule has 0 aliphatic carbocycles. The van der Waals surface area contributed by atoms with Crippen molar-refractivity contribution in [2.75, 3.05) is 5.43 Å². The second-order valence-corrected chi connectivity index (χ2v) is 3.30. The zero-order valence-electron chi connectivity index (χ0n) is 9.08. The van der Waals surface area contributed by atoms with Crippen molar-refractivity contribution in [3.8, 4) is 0 Å². The molecule has 0 heterocycles. The molecule has 0 aromatic heterocycles. The summed E-state index contributed by atoms with van der Waals surface area (Å²) in [7, 11) is 0. The van der Waals surface area contributed by atoms with Crippen LogP contribution in [0.4, 0.5) is 11.4 Å². The molecule has 0 unspecified atom stereocenters. The van der Waals surface area contributed by atoms with Crippen molar-refractivity contribution in [2.45, 2.75) is 13.3 Å². The lowest BCUT2D eigenvalue weighted by molar-refractivity contribution is -0.384. The van der Waals surface area contributed by atoms with E-state index >= 15 is 0 Å². The van der Waals surface area contributed by atoms with E-state index in [-0.39, 0.29) is 17.8 Å². The van der Waals surface area contributed by atoms with Crippen LogP contribution >= 0.6 is 0 Å².